The van der Waals surface area contributed by atoms with Gasteiger partial charge in [0.15, 0.2) is 0 Å². The number of carbonyl (C=O) groups excluding carboxylic acids is 2. The van der Waals surface area contributed by atoms with Crippen LogP contribution in [0, 0.1) is 11.8 Å². The molecule has 122 valence electrons. The van der Waals surface area contributed by atoms with E-state index in [9.17, 15) is 9.59 Å². The van der Waals surface area contributed by atoms with Crippen molar-refractivity contribution < 1.29 is 14.3 Å². The molecular formula is C16H30N2O3. The Kier molecular flexibility index (Phi) is 7.15. The fourth-order valence-electron chi connectivity index (χ4n) is 2.89. The van der Waals surface area contributed by atoms with Crippen molar-refractivity contribution in [3.05, 3.63) is 0 Å². The summed E-state index contributed by atoms with van der Waals surface area (Å²) in [5, 5.41) is 2.73. The molecule has 5 nitrogen and oxygen atoms in total. The molecule has 3 N–H and O–H groups in total. The van der Waals surface area contributed by atoms with Crippen LogP contribution in [-0.2, 0) is 14.3 Å². The van der Waals surface area contributed by atoms with Gasteiger partial charge >= 0.3 is 0 Å². The Labute approximate surface area is 128 Å². The van der Waals surface area contributed by atoms with Gasteiger partial charge in [0.1, 0.15) is 12.1 Å². The van der Waals surface area contributed by atoms with Crippen LogP contribution in [0.2, 0.25) is 0 Å². The second-order valence-corrected chi connectivity index (χ2v) is 6.56. The number of nitrogens with two attached hydrogens (primary N) is 1. The molecule has 4 atom stereocenters. The van der Waals surface area contributed by atoms with Crippen molar-refractivity contribution in [1.29, 1.82) is 0 Å². The molecule has 0 radical (unpaired) electrons. The van der Waals surface area contributed by atoms with Gasteiger partial charge in [0.05, 0.1) is 6.10 Å². The smallest absolute Gasteiger partial charge is 0.249 e. The van der Waals surface area contributed by atoms with Gasteiger partial charge in [0.25, 0.3) is 0 Å². The topological polar surface area (TPSA) is 81.4 Å². The van der Waals surface area contributed by atoms with E-state index < -0.39 is 18.1 Å². The Hall–Kier alpha value is -1.10. The fourth-order valence-corrected chi connectivity index (χ4v) is 2.89. The van der Waals surface area contributed by atoms with Gasteiger partial charge < -0.3 is 15.8 Å². The van der Waals surface area contributed by atoms with E-state index in [0.29, 0.717) is 12.3 Å². The molecule has 0 aromatic carbocycles. The third-order valence-electron chi connectivity index (χ3n) is 4.18. The molecule has 21 heavy (non-hydrogen) atoms. The fraction of sp³-hybridized carbons (Fsp3) is 0.875. The molecule has 2 amide bonds. The summed E-state index contributed by atoms with van der Waals surface area (Å²) in [4.78, 5) is 23.7. The van der Waals surface area contributed by atoms with Gasteiger partial charge in [0.2, 0.25) is 11.8 Å². The molecule has 5 heteroatoms. The minimum atomic E-state index is -0.638. The van der Waals surface area contributed by atoms with E-state index in [0.717, 1.165) is 19.3 Å². The Balaban J connectivity index is 2.57. The normalized spacial score (nSPS) is 25.4. The van der Waals surface area contributed by atoms with Crippen LogP contribution in [0.15, 0.2) is 0 Å². The number of primary amides is 1. The number of carbonyl (C=O) groups is 2. The Morgan fingerprint density at radius 3 is 2.48 bits per heavy atom. The summed E-state index contributed by atoms with van der Waals surface area (Å²) in [7, 11) is 0. The van der Waals surface area contributed by atoms with E-state index in [1.54, 1.807) is 0 Å². The van der Waals surface area contributed by atoms with Crippen LogP contribution in [0.1, 0.15) is 59.8 Å². The number of rotatable bonds is 7. The molecule has 0 heterocycles. The van der Waals surface area contributed by atoms with Gasteiger partial charge in [-0.25, -0.2) is 0 Å². The van der Waals surface area contributed by atoms with E-state index in [1.807, 2.05) is 20.8 Å². The lowest BCUT2D eigenvalue weighted by molar-refractivity contribution is -0.142. The van der Waals surface area contributed by atoms with E-state index in [-0.39, 0.29) is 17.9 Å². The lowest BCUT2D eigenvalue weighted by Gasteiger charge is -2.30. The van der Waals surface area contributed by atoms with Gasteiger partial charge in [-0.15, -0.1) is 0 Å². The van der Waals surface area contributed by atoms with Gasteiger partial charge in [-0.05, 0) is 31.1 Å². The molecule has 0 unspecified atom stereocenters. The molecule has 1 rings (SSSR count). The highest BCUT2D eigenvalue weighted by atomic mass is 16.5. The maximum Gasteiger partial charge on any atom is 0.249 e. The maximum atomic E-state index is 12.3. The lowest BCUT2D eigenvalue weighted by atomic mass is 9.88. The van der Waals surface area contributed by atoms with Crippen molar-refractivity contribution in [3.8, 4) is 0 Å². The summed E-state index contributed by atoms with van der Waals surface area (Å²) in [5.41, 5.74) is 5.34. The van der Waals surface area contributed by atoms with E-state index in [2.05, 4.69) is 12.2 Å². The number of amides is 2. The zero-order valence-corrected chi connectivity index (χ0v) is 13.7. The lowest BCUT2D eigenvalue weighted by Crippen LogP contribution is -2.51. The Morgan fingerprint density at radius 1 is 1.33 bits per heavy atom. The number of nitrogens with one attached hydrogen (secondary N) is 1. The highest BCUT2D eigenvalue weighted by molar-refractivity contribution is 5.88. The average Bonchev–Trinajstić information content (AvgIpc) is 2.41. The van der Waals surface area contributed by atoms with Crippen LogP contribution >= 0.6 is 0 Å². The van der Waals surface area contributed by atoms with Crippen molar-refractivity contribution in [1.82, 2.24) is 5.32 Å². The molecule has 0 spiro atoms. The van der Waals surface area contributed by atoms with E-state index in [1.165, 1.54) is 6.42 Å². The Bertz CT molecular complexity index is 357. The van der Waals surface area contributed by atoms with E-state index in [4.69, 9.17) is 10.5 Å². The summed E-state index contributed by atoms with van der Waals surface area (Å²) in [6.07, 6.45) is 4.65. The molecular weight excluding hydrogens is 268 g/mol. The molecule has 0 saturated heterocycles. The first-order valence-electron chi connectivity index (χ1n) is 8.10. The number of hydrogen-bond acceptors (Lipinski definition) is 3. The average molecular weight is 298 g/mol. The summed E-state index contributed by atoms with van der Waals surface area (Å²) < 4.78 is 5.97. The SMILES string of the molecule is CC[C@H](O[C@@H]1CCC[C@@H](C)C1)C(=O)N[C@H](C(N)=O)C(C)C. The quantitative estimate of drug-likeness (QED) is 0.754. The van der Waals surface area contributed by atoms with Crippen molar-refractivity contribution in [3.63, 3.8) is 0 Å². The minimum absolute atomic E-state index is 0.0290. The van der Waals surface area contributed by atoms with Crippen LogP contribution in [0.25, 0.3) is 0 Å². The van der Waals surface area contributed by atoms with Gasteiger partial charge in [-0.1, -0.05) is 40.5 Å². The minimum Gasteiger partial charge on any atom is -0.368 e. The van der Waals surface area contributed by atoms with Gasteiger partial charge in [-0.2, -0.15) is 0 Å². The first kappa shape index (κ1) is 18.0. The summed E-state index contributed by atoms with van der Waals surface area (Å²) in [6.45, 7) is 7.87. The van der Waals surface area contributed by atoms with Crippen LogP contribution in [0.4, 0.5) is 0 Å². The zero-order valence-electron chi connectivity index (χ0n) is 13.7. The molecule has 0 aromatic heterocycles. The predicted molar refractivity (Wildman–Crippen MR) is 82.5 cm³/mol. The summed E-state index contributed by atoms with van der Waals surface area (Å²) in [6, 6.07) is -0.638. The van der Waals surface area contributed by atoms with Crippen molar-refractivity contribution >= 4 is 11.8 Å². The Morgan fingerprint density at radius 2 is 2.00 bits per heavy atom. The first-order valence-corrected chi connectivity index (χ1v) is 8.10. The second kappa shape index (κ2) is 8.37. The monoisotopic (exact) mass is 298 g/mol. The maximum absolute atomic E-state index is 12.3. The molecule has 1 saturated carbocycles. The molecule has 1 aliphatic rings. The molecule has 0 aromatic rings. The highest BCUT2D eigenvalue weighted by Crippen LogP contribution is 2.27. The van der Waals surface area contributed by atoms with Gasteiger partial charge in [-0.3, -0.25) is 9.59 Å². The third-order valence-corrected chi connectivity index (χ3v) is 4.18. The van der Waals surface area contributed by atoms with Crippen molar-refractivity contribution in [2.45, 2.75) is 78.0 Å². The zero-order chi connectivity index (χ0) is 16.0. The van der Waals surface area contributed by atoms with E-state index >= 15 is 0 Å². The predicted octanol–water partition coefficient (Wildman–Crippen LogP) is 1.99. The molecule has 0 aliphatic heterocycles. The van der Waals surface area contributed by atoms with Crippen LogP contribution in [0.5, 0.6) is 0 Å². The molecule has 1 fully saturated rings. The van der Waals surface area contributed by atoms with Crippen LogP contribution < -0.4 is 11.1 Å². The summed E-state index contributed by atoms with van der Waals surface area (Å²) in [5.74, 6) is -0.107. The first-order chi connectivity index (χ1) is 9.85. The van der Waals surface area contributed by atoms with Gasteiger partial charge in [0, 0.05) is 0 Å². The highest BCUT2D eigenvalue weighted by Gasteiger charge is 2.29. The summed E-state index contributed by atoms with van der Waals surface area (Å²) >= 11 is 0. The van der Waals surface area contributed by atoms with Crippen LogP contribution in [0.3, 0.4) is 0 Å². The van der Waals surface area contributed by atoms with Crippen molar-refractivity contribution in [2.75, 3.05) is 0 Å². The number of ether oxygens (including phenoxy) is 1. The molecule has 0 bridgehead atoms. The third kappa shape index (κ3) is 5.65. The van der Waals surface area contributed by atoms with Crippen LogP contribution in [-0.4, -0.2) is 30.1 Å². The molecule has 1 aliphatic carbocycles. The largest absolute Gasteiger partial charge is 0.368 e. The number of hydrogen-bond donors (Lipinski definition) is 2. The second-order valence-electron chi connectivity index (χ2n) is 6.56. The van der Waals surface area contributed by atoms with Crippen molar-refractivity contribution in [2.24, 2.45) is 17.6 Å². The standard InChI is InChI=1S/C16H30N2O3/c1-5-13(21-12-8-6-7-11(4)9-12)16(20)18-14(10(2)3)15(17)19/h10-14H,5-9H2,1-4H3,(H2,17,19)(H,18,20)/t11-,12-,13+,14+/m1/s1.